The average Bonchev–Trinajstić information content (AvgIpc) is 2.76. The number of benzene rings is 1. The molecule has 1 aromatic carbocycles. The maximum atomic E-state index is 10.7. The fraction of sp³-hybridized carbons (Fsp3) is 0.0833. The fourth-order valence-corrected chi connectivity index (χ4v) is 5.27. The Balaban J connectivity index is 2.12. The maximum Gasteiger partial charge on any atom is 0.371 e. The highest BCUT2D eigenvalue weighted by atomic mass is 127. The molecule has 2 rings (SSSR count). The second-order valence-electron chi connectivity index (χ2n) is 3.56. The van der Waals surface area contributed by atoms with Gasteiger partial charge in [-0.25, -0.2) is 4.79 Å². The molecule has 0 unspecified atom stereocenters. The van der Waals surface area contributed by atoms with Gasteiger partial charge >= 0.3 is 5.97 Å². The SMILES string of the molecule is O=C(O)c1ccc(COc2c(I)cc(I)cc2I)o1. The number of carboxylic acids is 1. The van der Waals surface area contributed by atoms with Gasteiger partial charge in [0.2, 0.25) is 5.76 Å². The summed E-state index contributed by atoms with van der Waals surface area (Å²) < 4.78 is 14.0. The van der Waals surface area contributed by atoms with Crippen LogP contribution in [0.2, 0.25) is 0 Å². The highest BCUT2D eigenvalue weighted by Gasteiger charge is 2.12. The minimum Gasteiger partial charge on any atom is -0.483 e. The quantitative estimate of drug-likeness (QED) is 0.534. The van der Waals surface area contributed by atoms with Gasteiger partial charge in [0, 0.05) is 3.57 Å². The van der Waals surface area contributed by atoms with Crippen molar-refractivity contribution in [1.29, 1.82) is 0 Å². The van der Waals surface area contributed by atoms with Crippen LogP contribution in [0.4, 0.5) is 0 Å². The van der Waals surface area contributed by atoms with Crippen molar-refractivity contribution in [2.75, 3.05) is 0 Å². The van der Waals surface area contributed by atoms with Crippen LogP contribution in [0.25, 0.3) is 0 Å². The Bertz CT molecular complexity index is 598. The first-order valence-corrected chi connectivity index (χ1v) is 8.30. The number of carboxylic acid groups (broad SMARTS) is 1. The van der Waals surface area contributed by atoms with Crippen LogP contribution in [0.15, 0.2) is 28.7 Å². The van der Waals surface area contributed by atoms with Crippen LogP contribution in [0.3, 0.4) is 0 Å². The number of furan rings is 1. The van der Waals surface area contributed by atoms with Gasteiger partial charge in [-0.15, -0.1) is 0 Å². The first kappa shape index (κ1) is 15.4. The van der Waals surface area contributed by atoms with Gasteiger partial charge in [0.25, 0.3) is 0 Å². The van der Waals surface area contributed by atoms with E-state index in [0.29, 0.717) is 5.76 Å². The molecule has 0 aliphatic heterocycles. The molecule has 0 radical (unpaired) electrons. The van der Waals surface area contributed by atoms with E-state index < -0.39 is 5.97 Å². The average molecular weight is 596 g/mol. The van der Waals surface area contributed by atoms with E-state index in [1.165, 1.54) is 6.07 Å². The Labute approximate surface area is 150 Å². The van der Waals surface area contributed by atoms with Gasteiger partial charge in [-0.1, -0.05) is 0 Å². The van der Waals surface area contributed by atoms with E-state index in [9.17, 15) is 4.79 Å². The van der Waals surface area contributed by atoms with E-state index in [1.54, 1.807) is 6.07 Å². The monoisotopic (exact) mass is 596 g/mol. The van der Waals surface area contributed by atoms with E-state index in [1.807, 2.05) is 12.1 Å². The molecule has 0 atom stereocenters. The van der Waals surface area contributed by atoms with E-state index in [2.05, 4.69) is 67.8 Å². The van der Waals surface area contributed by atoms with Crippen molar-refractivity contribution < 1.29 is 19.1 Å². The van der Waals surface area contributed by atoms with E-state index in [0.717, 1.165) is 16.5 Å². The summed E-state index contributed by atoms with van der Waals surface area (Å²) in [6.07, 6.45) is 0. The molecule has 0 fully saturated rings. The Morgan fingerprint density at radius 2 is 1.84 bits per heavy atom. The number of halogens is 3. The summed E-state index contributed by atoms with van der Waals surface area (Å²) in [7, 11) is 0. The number of aromatic carboxylic acids is 1. The van der Waals surface area contributed by atoms with Gasteiger partial charge in [0.05, 0.1) is 7.14 Å². The molecule has 0 bridgehead atoms. The van der Waals surface area contributed by atoms with Crippen LogP contribution in [-0.2, 0) is 6.61 Å². The molecular formula is C12H7I3O4. The highest BCUT2D eigenvalue weighted by molar-refractivity contribution is 14.1. The number of hydrogen-bond donors (Lipinski definition) is 1. The number of ether oxygens (including phenoxy) is 1. The van der Waals surface area contributed by atoms with Crippen LogP contribution in [0.1, 0.15) is 16.3 Å². The maximum absolute atomic E-state index is 10.7. The summed E-state index contributed by atoms with van der Waals surface area (Å²) in [5.41, 5.74) is 0. The molecule has 0 aliphatic rings. The number of rotatable bonds is 4. The summed E-state index contributed by atoms with van der Waals surface area (Å²) in [6.45, 7) is 0.208. The van der Waals surface area contributed by atoms with Gasteiger partial charge in [-0.3, -0.25) is 0 Å². The third-order valence-electron chi connectivity index (χ3n) is 2.19. The minimum absolute atomic E-state index is 0.0781. The Kier molecular flexibility index (Phi) is 5.34. The van der Waals surface area contributed by atoms with E-state index >= 15 is 0 Å². The van der Waals surface area contributed by atoms with Crippen LogP contribution < -0.4 is 4.74 Å². The Hall–Kier alpha value is -0.0400. The lowest BCUT2D eigenvalue weighted by Crippen LogP contribution is -1.99. The molecule has 100 valence electrons. The second kappa shape index (κ2) is 6.61. The molecule has 0 saturated heterocycles. The summed E-state index contributed by atoms with van der Waals surface area (Å²) in [5.74, 6) is 0.118. The van der Waals surface area contributed by atoms with Crippen molar-refractivity contribution in [3.05, 3.63) is 46.5 Å². The zero-order chi connectivity index (χ0) is 14.0. The molecule has 7 heteroatoms. The summed E-state index contributed by atoms with van der Waals surface area (Å²) in [5, 5.41) is 8.76. The molecule has 4 nitrogen and oxygen atoms in total. The number of hydrogen-bond acceptors (Lipinski definition) is 3. The predicted molar refractivity (Wildman–Crippen MR) is 94.6 cm³/mol. The van der Waals surface area contributed by atoms with Crippen molar-refractivity contribution in [3.63, 3.8) is 0 Å². The molecule has 19 heavy (non-hydrogen) atoms. The van der Waals surface area contributed by atoms with Crippen molar-refractivity contribution in [2.45, 2.75) is 6.61 Å². The molecular weight excluding hydrogens is 589 g/mol. The Morgan fingerprint density at radius 3 is 2.37 bits per heavy atom. The van der Waals surface area contributed by atoms with Gasteiger partial charge in [0.1, 0.15) is 18.1 Å². The molecule has 2 aromatic rings. The molecule has 1 heterocycles. The molecule has 0 spiro atoms. The molecule has 1 aromatic heterocycles. The predicted octanol–water partition coefficient (Wildman–Crippen LogP) is 4.37. The molecule has 0 amide bonds. The van der Waals surface area contributed by atoms with Crippen molar-refractivity contribution >= 4 is 73.7 Å². The Morgan fingerprint density at radius 1 is 1.21 bits per heavy atom. The topological polar surface area (TPSA) is 59.7 Å². The van der Waals surface area contributed by atoms with Gasteiger partial charge in [0.15, 0.2) is 0 Å². The summed E-state index contributed by atoms with van der Waals surface area (Å²) in [4.78, 5) is 10.7. The largest absolute Gasteiger partial charge is 0.483 e. The molecule has 0 saturated carbocycles. The van der Waals surface area contributed by atoms with E-state index in [-0.39, 0.29) is 12.4 Å². The summed E-state index contributed by atoms with van der Waals surface area (Å²) in [6, 6.07) is 7.06. The zero-order valence-electron chi connectivity index (χ0n) is 9.32. The van der Waals surface area contributed by atoms with Gasteiger partial charge < -0.3 is 14.3 Å². The second-order valence-corrected chi connectivity index (χ2v) is 7.13. The standard InChI is InChI=1S/C12H7I3O4/c13-6-3-8(14)11(9(15)4-6)18-5-7-1-2-10(19-7)12(16)17/h1-4H,5H2,(H,16,17). The van der Waals surface area contributed by atoms with Crippen LogP contribution in [0, 0.1) is 10.7 Å². The number of carbonyl (C=O) groups is 1. The lowest BCUT2D eigenvalue weighted by molar-refractivity contribution is 0.0658. The van der Waals surface area contributed by atoms with E-state index in [4.69, 9.17) is 14.3 Å². The lowest BCUT2D eigenvalue weighted by Gasteiger charge is -2.09. The van der Waals surface area contributed by atoms with Gasteiger partial charge in [-0.05, 0) is 92.0 Å². The zero-order valence-corrected chi connectivity index (χ0v) is 15.8. The van der Waals surface area contributed by atoms with Crippen LogP contribution >= 0.6 is 67.8 Å². The molecule has 0 aliphatic carbocycles. The smallest absolute Gasteiger partial charge is 0.371 e. The van der Waals surface area contributed by atoms with Crippen LogP contribution in [-0.4, -0.2) is 11.1 Å². The summed E-state index contributed by atoms with van der Waals surface area (Å²) >= 11 is 6.67. The minimum atomic E-state index is -1.08. The van der Waals surface area contributed by atoms with Crippen molar-refractivity contribution in [2.24, 2.45) is 0 Å². The third kappa shape index (κ3) is 3.97. The fourth-order valence-electron chi connectivity index (χ4n) is 1.38. The first-order chi connectivity index (χ1) is 8.97. The normalized spacial score (nSPS) is 10.5. The highest BCUT2D eigenvalue weighted by Crippen LogP contribution is 2.30. The first-order valence-electron chi connectivity index (χ1n) is 5.06. The third-order valence-corrected chi connectivity index (χ3v) is 4.42. The van der Waals surface area contributed by atoms with Crippen molar-refractivity contribution in [3.8, 4) is 5.75 Å². The molecule has 1 N–H and O–H groups in total. The lowest BCUT2D eigenvalue weighted by atomic mass is 10.3. The van der Waals surface area contributed by atoms with Crippen LogP contribution in [0.5, 0.6) is 5.75 Å². The van der Waals surface area contributed by atoms with Gasteiger partial charge in [-0.2, -0.15) is 0 Å². The van der Waals surface area contributed by atoms with Crippen molar-refractivity contribution in [1.82, 2.24) is 0 Å².